The molecular formula is C32H39AsN6O3. The first-order valence-corrected chi connectivity index (χ1v) is 16.4. The topological polar surface area (TPSA) is 83.9 Å². The Bertz CT molecular complexity index is 1520. The SMILES string of the molecule is Cc1ccc(Oc2ccc([AsH]c3ncnc4cccc(O[C@H](C)CN(C)C(=O)CN5CCN(C)CC5)c34)cc2C)cn1. The number of carbonyl (C=O) groups is 1. The number of amides is 1. The van der Waals surface area contributed by atoms with Crippen LogP contribution in [0.25, 0.3) is 10.9 Å². The van der Waals surface area contributed by atoms with Gasteiger partial charge in [0.2, 0.25) is 0 Å². The summed E-state index contributed by atoms with van der Waals surface area (Å²) in [5.41, 5.74) is 2.87. The third kappa shape index (κ3) is 7.65. The summed E-state index contributed by atoms with van der Waals surface area (Å²) >= 11 is -0.794. The zero-order chi connectivity index (χ0) is 29.6. The number of piperazine rings is 1. The maximum atomic E-state index is 12.9. The molecule has 5 rings (SSSR count). The fourth-order valence-electron chi connectivity index (χ4n) is 4.95. The molecule has 1 saturated heterocycles. The average Bonchev–Trinajstić information content (AvgIpc) is 2.97. The number of nitrogens with zero attached hydrogens (tertiary/aromatic N) is 6. The second kappa shape index (κ2) is 13.6. The normalized spacial score (nSPS) is 15.3. The summed E-state index contributed by atoms with van der Waals surface area (Å²) in [6.45, 7) is 10.8. The quantitative estimate of drug-likeness (QED) is 0.247. The van der Waals surface area contributed by atoms with E-state index in [1.165, 1.54) is 4.35 Å². The Balaban J connectivity index is 1.27. The number of likely N-dealkylation sites (N-methyl/N-ethyl adjacent to an activating group) is 2. The molecule has 0 N–H and O–H groups in total. The molecule has 2 atom stereocenters. The van der Waals surface area contributed by atoms with Gasteiger partial charge in [-0.05, 0) is 7.05 Å². The number of benzene rings is 2. The van der Waals surface area contributed by atoms with Crippen molar-refractivity contribution in [2.45, 2.75) is 26.9 Å². The molecule has 3 heterocycles. The van der Waals surface area contributed by atoms with Gasteiger partial charge in [0.05, 0.1) is 0 Å². The molecule has 0 spiro atoms. The monoisotopic (exact) mass is 630 g/mol. The Morgan fingerprint density at radius 3 is 2.57 bits per heavy atom. The number of hydrogen-bond acceptors (Lipinski definition) is 8. The molecule has 0 aliphatic carbocycles. The van der Waals surface area contributed by atoms with Crippen molar-refractivity contribution in [1.82, 2.24) is 29.7 Å². The summed E-state index contributed by atoms with van der Waals surface area (Å²) in [7, 11) is 3.97. The fraction of sp³-hybridized carbons (Fsp3) is 0.375. The third-order valence-corrected chi connectivity index (χ3v) is 9.96. The molecular weight excluding hydrogens is 591 g/mol. The Morgan fingerprint density at radius 1 is 1.02 bits per heavy atom. The maximum absolute atomic E-state index is 12.9. The van der Waals surface area contributed by atoms with Crippen molar-refractivity contribution in [1.29, 1.82) is 0 Å². The third-order valence-electron chi connectivity index (χ3n) is 7.41. The van der Waals surface area contributed by atoms with Gasteiger partial charge in [-0.15, -0.1) is 0 Å². The van der Waals surface area contributed by atoms with Crippen LogP contribution in [0.15, 0.2) is 61.1 Å². The van der Waals surface area contributed by atoms with Gasteiger partial charge in [0.15, 0.2) is 0 Å². The Kier molecular flexibility index (Phi) is 9.72. The van der Waals surface area contributed by atoms with Gasteiger partial charge in [-0.1, -0.05) is 0 Å². The molecule has 0 saturated carbocycles. The number of carbonyl (C=O) groups excluding carboxylic acids is 1. The minimum atomic E-state index is -0.794. The first-order valence-electron chi connectivity index (χ1n) is 14.3. The first kappa shape index (κ1) is 30.0. The standard InChI is InChI=1S/C32H39AsN6O3/c1-22-17-25(10-12-28(22)42-26-11-9-23(2)34-18-26)33-32-31-27(35-21-36-32)7-6-8-29(31)41-24(3)19-38(5)30(40)20-39-15-13-37(4)14-16-39/h6-12,17-18,21,24,33H,13-16,19-20H2,1-5H3/t24-/m1/s1. The van der Waals surface area contributed by atoms with Gasteiger partial charge in [0, 0.05) is 0 Å². The van der Waals surface area contributed by atoms with E-state index in [9.17, 15) is 4.79 Å². The molecule has 42 heavy (non-hydrogen) atoms. The van der Waals surface area contributed by atoms with E-state index in [-0.39, 0.29) is 12.0 Å². The van der Waals surface area contributed by atoms with Crippen molar-refractivity contribution in [3.63, 3.8) is 0 Å². The summed E-state index contributed by atoms with van der Waals surface area (Å²) in [5, 5.41) is 0.946. The molecule has 10 heteroatoms. The second-order valence-corrected chi connectivity index (χ2v) is 13.7. The predicted octanol–water partition coefficient (Wildman–Crippen LogP) is 2.29. The first-order chi connectivity index (χ1) is 20.2. The van der Waals surface area contributed by atoms with E-state index in [1.54, 1.807) is 17.4 Å². The zero-order valence-corrected chi connectivity index (χ0v) is 27.1. The molecule has 220 valence electrons. The summed E-state index contributed by atoms with van der Waals surface area (Å²) in [6, 6.07) is 16.1. The summed E-state index contributed by atoms with van der Waals surface area (Å²) in [6.07, 6.45) is 3.18. The van der Waals surface area contributed by atoms with Gasteiger partial charge >= 0.3 is 243 Å². The predicted molar refractivity (Wildman–Crippen MR) is 168 cm³/mol. The summed E-state index contributed by atoms with van der Waals surface area (Å²) < 4.78 is 14.8. The number of aryl methyl sites for hydroxylation is 2. The van der Waals surface area contributed by atoms with Crippen molar-refractivity contribution in [2.24, 2.45) is 0 Å². The van der Waals surface area contributed by atoms with E-state index >= 15 is 0 Å². The van der Waals surface area contributed by atoms with Crippen LogP contribution in [-0.2, 0) is 4.79 Å². The number of fused-ring (bicyclic) bond motifs is 1. The van der Waals surface area contributed by atoms with Crippen molar-refractivity contribution in [3.05, 3.63) is 72.3 Å². The number of ether oxygens (including phenoxy) is 2. The molecule has 1 fully saturated rings. The van der Waals surface area contributed by atoms with E-state index in [2.05, 4.69) is 45.9 Å². The molecule has 9 nitrogen and oxygen atoms in total. The Labute approximate surface area is 254 Å². The van der Waals surface area contributed by atoms with E-state index in [0.717, 1.165) is 70.1 Å². The number of rotatable bonds is 10. The van der Waals surface area contributed by atoms with Crippen molar-refractivity contribution >= 4 is 41.4 Å². The molecule has 0 bridgehead atoms. The van der Waals surface area contributed by atoms with Crippen LogP contribution in [0.4, 0.5) is 0 Å². The number of pyridine rings is 1. The van der Waals surface area contributed by atoms with E-state index in [1.807, 2.05) is 57.3 Å². The van der Waals surface area contributed by atoms with E-state index in [0.29, 0.717) is 13.1 Å². The van der Waals surface area contributed by atoms with Crippen molar-refractivity contribution in [3.8, 4) is 17.2 Å². The Hall–Kier alpha value is -3.52. The number of hydrogen-bond donors (Lipinski definition) is 0. The van der Waals surface area contributed by atoms with Gasteiger partial charge in [-0.3, -0.25) is 0 Å². The van der Waals surface area contributed by atoms with Crippen LogP contribution in [0.2, 0.25) is 0 Å². The summed E-state index contributed by atoms with van der Waals surface area (Å²) in [4.78, 5) is 32.8. The molecule has 1 unspecified atom stereocenters. The van der Waals surface area contributed by atoms with Crippen LogP contribution in [0, 0.1) is 13.8 Å². The van der Waals surface area contributed by atoms with Crippen LogP contribution in [-0.4, -0.2) is 111 Å². The van der Waals surface area contributed by atoms with E-state index < -0.39 is 15.8 Å². The van der Waals surface area contributed by atoms with E-state index in [4.69, 9.17) is 14.5 Å². The second-order valence-electron chi connectivity index (χ2n) is 11.0. The molecule has 4 aromatic rings. The number of aromatic nitrogens is 3. The van der Waals surface area contributed by atoms with Crippen LogP contribution in [0.1, 0.15) is 18.2 Å². The minimum absolute atomic E-state index is 0.116. The van der Waals surface area contributed by atoms with Gasteiger partial charge in [-0.2, -0.15) is 0 Å². The van der Waals surface area contributed by atoms with Gasteiger partial charge in [0.1, 0.15) is 0 Å². The molecule has 1 aliphatic rings. The van der Waals surface area contributed by atoms with Gasteiger partial charge < -0.3 is 4.90 Å². The van der Waals surface area contributed by atoms with Gasteiger partial charge in [0.25, 0.3) is 0 Å². The molecule has 2 aromatic carbocycles. The van der Waals surface area contributed by atoms with Crippen LogP contribution >= 0.6 is 0 Å². The molecule has 0 radical (unpaired) electrons. The fourth-order valence-corrected chi connectivity index (χ4v) is 7.53. The van der Waals surface area contributed by atoms with Gasteiger partial charge in [-0.25, -0.2) is 0 Å². The molecule has 2 aromatic heterocycles. The molecule has 1 amide bonds. The van der Waals surface area contributed by atoms with Crippen LogP contribution in [0.3, 0.4) is 0 Å². The van der Waals surface area contributed by atoms with Crippen LogP contribution in [0.5, 0.6) is 17.2 Å². The van der Waals surface area contributed by atoms with Crippen LogP contribution < -0.4 is 18.3 Å². The van der Waals surface area contributed by atoms with Crippen molar-refractivity contribution in [2.75, 3.05) is 53.4 Å². The summed E-state index contributed by atoms with van der Waals surface area (Å²) in [5.74, 6) is 2.40. The molecule has 1 aliphatic heterocycles. The average molecular weight is 631 g/mol. The zero-order valence-electron chi connectivity index (χ0n) is 25.0. The van der Waals surface area contributed by atoms with Crippen molar-refractivity contribution < 1.29 is 14.3 Å². The Morgan fingerprint density at radius 2 is 1.83 bits per heavy atom.